The van der Waals surface area contributed by atoms with Crippen molar-refractivity contribution < 1.29 is 23.4 Å². The van der Waals surface area contributed by atoms with Crippen LogP contribution in [0, 0.1) is 5.82 Å². The summed E-state index contributed by atoms with van der Waals surface area (Å²) < 4.78 is 32.1. The number of carbonyl (C=O) groups is 1. The normalized spacial score (nSPS) is 18.4. The molecule has 1 saturated heterocycles. The Bertz CT molecular complexity index is 892. The molecule has 1 aromatic rings. The molecule has 33 heavy (non-hydrogen) atoms. The lowest BCUT2D eigenvalue weighted by atomic mass is 9.74. The van der Waals surface area contributed by atoms with Crippen LogP contribution in [0.2, 0.25) is 0 Å². The fraction of sp³-hybridized carbons (Fsp3) is 0.593. The number of nitrogens with zero attached hydrogens (tertiary/aromatic N) is 1. The van der Waals surface area contributed by atoms with Gasteiger partial charge in [0, 0.05) is 23.6 Å². The third-order valence-corrected chi connectivity index (χ3v) is 6.31. The minimum atomic E-state index is -0.457. The van der Waals surface area contributed by atoms with E-state index in [1.54, 1.807) is 12.1 Å². The lowest BCUT2D eigenvalue weighted by Gasteiger charge is -2.38. The summed E-state index contributed by atoms with van der Waals surface area (Å²) in [4.78, 5) is 14.3. The number of halogens is 1. The SMILES string of the molecule is C/C=C(\C=C/CC)COc1cc2c(cc1F)C1(CCN(CCC(=O)OC(C)(C)C)CC1)CO2. The van der Waals surface area contributed by atoms with Gasteiger partial charge in [0.25, 0.3) is 0 Å². The van der Waals surface area contributed by atoms with Gasteiger partial charge in [-0.15, -0.1) is 0 Å². The van der Waals surface area contributed by atoms with Gasteiger partial charge >= 0.3 is 5.97 Å². The van der Waals surface area contributed by atoms with E-state index < -0.39 is 5.60 Å². The first-order valence-electron chi connectivity index (χ1n) is 12.0. The van der Waals surface area contributed by atoms with Gasteiger partial charge in [0.05, 0.1) is 13.0 Å². The molecule has 3 rings (SSSR count). The Hall–Kier alpha value is -2.34. The first-order valence-corrected chi connectivity index (χ1v) is 12.0. The average Bonchev–Trinajstić information content (AvgIpc) is 3.09. The highest BCUT2D eigenvalue weighted by Crippen LogP contribution is 2.47. The fourth-order valence-electron chi connectivity index (χ4n) is 4.39. The van der Waals surface area contributed by atoms with Crippen molar-refractivity contribution >= 4 is 5.97 Å². The number of ether oxygens (including phenoxy) is 3. The first kappa shape index (κ1) is 25.3. The number of allylic oxidation sites excluding steroid dienone is 2. The molecule has 1 aromatic carbocycles. The van der Waals surface area contributed by atoms with Gasteiger partial charge < -0.3 is 19.1 Å². The highest BCUT2D eigenvalue weighted by molar-refractivity contribution is 5.70. The predicted octanol–water partition coefficient (Wildman–Crippen LogP) is 5.57. The van der Waals surface area contributed by atoms with Crippen LogP contribution in [-0.2, 0) is 14.9 Å². The van der Waals surface area contributed by atoms with Gasteiger partial charge in [-0.25, -0.2) is 4.39 Å². The van der Waals surface area contributed by atoms with Gasteiger partial charge in [0.1, 0.15) is 18.0 Å². The van der Waals surface area contributed by atoms with Crippen LogP contribution >= 0.6 is 0 Å². The van der Waals surface area contributed by atoms with Crippen molar-refractivity contribution in [3.05, 3.63) is 47.3 Å². The summed E-state index contributed by atoms with van der Waals surface area (Å²) in [6.45, 7) is 12.9. The molecule has 0 saturated carbocycles. The predicted molar refractivity (Wildman–Crippen MR) is 128 cm³/mol. The zero-order chi connectivity index (χ0) is 24.1. The van der Waals surface area contributed by atoms with E-state index in [0.717, 1.165) is 49.2 Å². The van der Waals surface area contributed by atoms with Crippen LogP contribution in [0.4, 0.5) is 4.39 Å². The van der Waals surface area contributed by atoms with Crippen LogP contribution in [0.1, 0.15) is 65.9 Å². The third kappa shape index (κ3) is 6.59. The van der Waals surface area contributed by atoms with Crippen LogP contribution in [0.5, 0.6) is 11.5 Å². The number of hydrogen-bond donors (Lipinski definition) is 0. The van der Waals surface area contributed by atoms with Crippen LogP contribution < -0.4 is 9.47 Å². The molecule has 0 radical (unpaired) electrons. The van der Waals surface area contributed by atoms with Gasteiger partial charge in [0.15, 0.2) is 11.6 Å². The quantitative estimate of drug-likeness (QED) is 0.375. The molecule has 182 valence electrons. The van der Waals surface area contributed by atoms with E-state index in [0.29, 0.717) is 26.2 Å². The highest BCUT2D eigenvalue weighted by Gasteiger charge is 2.43. The van der Waals surface area contributed by atoms with E-state index in [9.17, 15) is 9.18 Å². The molecule has 0 N–H and O–H groups in total. The van der Waals surface area contributed by atoms with Crippen molar-refractivity contribution in [1.29, 1.82) is 0 Å². The van der Waals surface area contributed by atoms with Gasteiger partial charge in [-0.1, -0.05) is 25.2 Å². The number of esters is 1. The maximum atomic E-state index is 14.9. The summed E-state index contributed by atoms with van der Waals surface area (Å²) in [6.07, 6.45) is 9.11. The Kier molecular flexibility index (Phi) is 8.22. The number of rotatable bonds is 8. The van der Waals surface area contributed by atoms with Gasteiger partial charge in [-0.2, -0.15) is 0 Å². The molecule has 2 heterocycles. The monoisotopic (exact) mass is 459 g/mol. The van der Waals surface area contributed by atoms with Gasteiger partial charge in [-0.3, -0.25) is 4.79 Å². The average molecular weight is 460 g/mol. The Morgan fingerprint density at radius 2 is 2.00 bits per heavy atom. The fourth-order valence-corrected chi connectivity index (χ4v) is 4.39. The largest absolute Gasteiger partial charge is 0.492 e. The molecule has 1 spiro atoms. The number of benzene rings is 1. The standard InChI is InChI=1S/C27H38FNO4/c1-6-8-9-20(7-2)18-31-24-17-23-21(16-22(24)28)27(19-32-23)11-14-29(15-12-27)13-10-25(30)33-26(3,4)5/h7-9,16-17H,6,10-15,18-19H2,1-5H3/b9-8-,20-7+. The summed E-state index contributed by atoms with van der Waals surface area (Å²) in [5, 5.41) is 0. The molecule has 0 amide bonds. The Labute approximate surface area is 197 Å². The van der Waals surface area contributed by atoms with E-state index in [1.165, 1.54) is 0 Å². The molecule has 6 heteroatoms. The maximum absolute atomic E-state index is 14.9. The number of carbonyl (C=O) groups excluding carboxylic acids is 1. The molecule has 1 fully saturated rings. The Morgan fingerprint density at radius 3 is 2.64 bits per heavy atom. The number of hydrogen-bond acceptors (Lipinski definition) is 5. The molecule has 0 aliphatic carbocycles. The summed E-state index contributed by atoms with van der Waals surface area (Å²) >= 11 is 0. The molecule has 0 bridgehead atoms. The summed E-state index contributed by atoms with van der Waals surface area (Å²) in [5.41, 5.74) is 1.32. The second-order valence-corrected chi connectivity index (χ2v) is 9.99. The first-order chi connectivity index (χ1) is 15.7. The molecule has 2 aliphatic heterocycles. The highest BCUT2D eigenvalue weighted by atomic mass is 19.1. The van der Waals surface area contributed by atoms with Crippen molar-refractivity contribution in [2.75, 3.05) is 32.8 Å². The van der Waals surface area contributed by atoms with Crippen molar-refractivity contribution in [2.24, 2.45) is 0 Å². The summed E-state index contributed by atoms with van der Waals surface area (Å²) in [6, 6.07) is 3.30. The summed E-state index contributed by atoms with van der Waals surface area (Å²) in [5.74, 6) is 0.434. The van der Waals surface area contributed by atoms with E-state index in [2.05, 4.69) is 17.9 Å². The van der Waals surface area contributed by atoms with Gasteiger partial charge in [0.2, 0.25) is 0 Å². The van der Waals surface area contributed by atoms with Crippen molar-refractivity contribution in [2.45, 2.75) is 71.3 Å². The summed E-state index contributed by atoms with van der Waals surface area (Å²) in [7, 11) is 0. The molecule has 2 aliphatic rings. The van der Waals surface area contributed by atoms with Crippen LogP contribution in [0.25, 0.3) is 0 Å². The topological polar surface area (TPSA) is 48.0 Å². The molecule has 0 atom stereocenters. The molecular formula is C27H38FNO4. The molecular weight excluding hydrogens is 421 g/mol. The number of piperidine rings is 1. The number of fused-ring (bicyclic) bond motifs is 2. The maximum Gasteiger partial charge on any atom is 0.307 e. The second-order valence-electron chi connectivity index (χ2n) is 9.99. The Morgan fingerprint density at radius 1 is 1.27 bits per heavy atom. The Balaban J connectivity index is 1.59. The molecule has 0 aromatic heterocycles. The lowest BCUT2D eigenvalue weighted by Crippen LogP contribution is -2.44. The third-order valence-electron chi connectivity index (χ3n) is 6.31. The lowest BCUT2D eigenvalue weighted by molar-refractivity contribution is -0.155. The van der Waals surface area contributed by atoms with Crippen molar-refractivity contribution in [3.8, 4) is 11.5 Å². The molecule has 5 nitrogen and oxygen atoms in total. The van der Waals surface area contributed by atoms with E-state index in [4.69, 9.17) is 14.2 Å². The zero-order valence-electron chi connectivity index (χ0n) is 20.7. The van der Waals surface area contributed by atoms with E-state index in [-0.39, 0.29) is 23.0 Å². The zero-order valence-corrected chi connectivity index (χ0v) is 20.7. The van der Waals surface area contributed by atoms with Crippen LogP contribution in [0.15, 0.2) is 35.9 Å². The number of likely N-dealkylation sites (tertiary alicyclic amines) is 1. The van der Waals surface area contributed by atoms with E-state index >= 15 is 0 Å². The van der Waals surface area contributed by atoms with Crippen LogP contribution in [-0.4, -0.2) is 49.3 Å². The molecule has 0 unspecified atom stereocenters. The van der Waals surface area contributed by atoms with E-state index in [1.807, 2.05) is 39.8 Å². The van der Waals surface area contributed by atoms with Crippen molar-refractivity contribution in [1.82, 2.24) is 4.90 Å². The smallest absolute Gasteiger partial charge is 0.307 e. The van der Waals surface area contributed by atoms with Crippen molar-refractivity contribution in [3.63, 3.8) is 0 Å². The van der Waals surface area contributed by atoms with Crippen LogP contribution in [0.3, 0.4) is 0 Å². The minimum Gasteiger partial charge on any atom is -0.492 e. The minimum absolute atomic E-state index is 0.168. The second kappa shape index (κ2) is 10.7. The van der Waals surface area contributed by atoms with Gasteiger partial charge in [-0.05, 0) is 71.7 Å².